The number of anilines is 1. The fourth-order valence-corrected chi connectivity index (χ4v) is 1.20. The molecule has 0 saturated heterocycles. The van der Waals surface area contributed by atoms with Gasteiger partial charge in [0.1, 0.15) is 0 Å². The van der Waals surface area contributed by atoms with Crippen LogP contribution in [0, 0.1) is 6.92 Å². The van der Waals surface area contributed by atoms with Gasteiger partial charge in [-0.15, -0.1) is 0 Å². The lowest BCUT2D eigenvalue weighted by atomic mass is 10.3. The molecule has 0 unspecified atom stereocenters. The Bertz CT molecular complexity index is 308. The summed E-state index contributed by atoms with van der Waals surface area (Å²) in [5, 5.41) is 3.10. The topological polar surface area (TPSA) is 34.2 Å². The molecule has 0 bridgehead atoms. The van der Waals surface area contributed by atoms with Gasteiger partial charge in [-0.2, -0.15) is 0 Å². The predicted octanol–water partition coefficient (Wildman–Crippen LogP) is 1.97. The number of rotatable bonds is 3. The first-order chi connectivity index (χ1) is 6.29. The summed E-state index contributed by atoms with van der Waals surface area (Å²) in [5.74, 6) is 0.871. The molecule has 2 rings (SSSR count). The Kier molecular flexibility index (Phi) is 2.08. The highest BCUT2D eigenvalue weighted by molar-refractivity contribution is 5.55. The number of hydrogen-bond acceptors (Lipinski definition) is 3. The first kappa shape index (κ1) is 8.35. The van der Waals surface area contributed by atoms with Crippen LogP contribution in [-0.2, 0) is 0 Å². The summed E-state index contributed by atoms with van der Waals surface area (Å²) < 4.78 is 5.68. The average molecular weight is 178 g/mol. The molecule has 13 heavy (non-hydrogen) atoms. The van der Waals surface area contributed by atoms with E-state index in [2.05, 4.69) is 10.3 Å². The van der Waals surface area contributed by atoms with E-state index < -0.39 is 0 Å². The Labute approximate surface area is 78.1 Å². The quantitative estimate of drug-likeness (QED) is 0.768. The van der Waals surface area contributed by atoms with Crippen molar-refractivity contribution in [3.8, 4) is 5.75 Å². The number of pyridine rings is 1. The molecule has 1 aromatic rings. The first-order valence-corrected chi connectivity index (χ1v) is 4.60. The summed E-state index contributed by atoms with van der Waals surface area (Å²) in [6.45, 7) is 1.97. The molecule has 1 aliphatic carbocycles. The van der Waals surface area contributed by atoms with Crippen molar-refractivity contribution in [2.75, 3.05) is 12.4 Å². The largest absolute Gasteiger partial charge is 0.487 e. The van der Waals surface area contributed by atoms with Crippen LogP contribution in [0.5, 0.6) is 5.75 Å². The molecule has 0 atom stereocenters. The molecule has 1 fully saturated rings. The Morgan fingerprint density at radius 1 is 1.54 bits per heavy atom. The van der Waals surface area contributed by atoms with E-state index >= 15 is 0 Å². The van der Waals surface area contributed by atoms with Gasteiger partial charge in [-0.25, -0.2) is 0 Å². The Morgan fingerprint density at radius 2 is 2.31 bits per heavy atom. The van der Waals surface area contributed by atoms with Crippen molar-refractivity contribution < 1.29 is 4.74 Å². The second-order valence-electron chi connectivity index (χ2n) is 3.39. The van der Waals surface area contributed by atoms with Crippen molar-refractivity contribution >= 4 is 5.69 Å². The zero-order chi connectivity index (χ0) is 9.26. The first-order valence-electron chi connectivity index (χ1n) is 4.60. The van der Waals surface area contributed by atoms with E-state index in [0.29, 0.717) is 6.10 Å². The van der Waals surface area contributed by atoms with Crippen LogP contribution in [0.25, 0.3) is 0 Å². The van der Waals surface area contributed by atoms with Crippen LogP contribution in [0.3, 0.4) is 0 Å². The van der Waals surface area contributed by atoms with Crippen LogP contribution < -0.4 is 10.1 Å². The lowest BCUT2D eigenvalue weighted by molar-refractivity contribution is 0.303. The maximum absolute atomic E-state index is 5.68. The normalized spacial score (nSPS) is 15.5. The van der Waals surface area contributed by atoms with Crippen LogP contribution in [0.2, 0.25) is 0 Å². The monoisotopic (exact) mass is 178 g/mol. The van der Waals surface area contributed by atoms with Gasteiger partial charge in [0.05, 0.1) is 18.0 Å². The lowest BCUT2D eigenvalue weighted by Gasteiger charge is -2.10. The fraction of sp³-hybridized carbons (Fsp3) is 0.500. The zero-order valence-corrected chi connectivity index (χ0v) is 8.00. The minimum absolute atomic E-state index is 0.427. The second kappa shape index (κ2) is 3.24. The molecule has 0 spiro atoms. The molecule has 0 aliphatic heterocycles. The van der Waals surface area contributed by atoms with Crippen LogP contribution >= 0.6 is 0 Å². The maximum atomic E-state index is 5.68. The van der Waals surface area contributed by atoms with E-state index in [1.165, 1.54) is 12.8 Å². The molecule has 0 amide bonds. The van der Waals surface area contributed by atoms with Gasteiger partial charge in [0.2, 0.25) is 0 Å². The standard InChI is InChI=1S/C10H14N2O/c1-7-5-9(11-2)10(6-12-7)13-8-3-4-8/h5-6,8H,3-4H2,1-2H3,(H,11,12). The van der Waals surface area contributed by atoms with E-state index in [9.17, 15) is 0 Å². The highest BCUT2D eigenvalue weighted by Gasteiger charge is 2.24. The molecule has 1 aromatic heterocycles. The summed E-state index contributed by atoms with van der Waals surface area (Å²) in [5.41, 5.74) is 2.03. The highest BCUT2D eigenvalue weighted by Crippen LogP contribution is 2.31. The summed E-state index contributed by atoms with van der Waals surface area (Å²) in [6.07, 6.45) is 4.57. The summed E-state index contributed by atoms with van der Waals surface area (Å²) in [4.78, 5) is 4.20. The van der Waals surface area contributed by atoms with Gasteiger partial charge in [-0.3, -0.25) is 4.98 Å². The smallest absolute Gasteiger partial charge is 0.161 e. The van der Waals surface area contributed by atoms with Crippen molar-refractivity contribution in [1.29, 1.82) is 0 Å². The Hall–Kier alpha value is -1.25. The molecule has 3 nitrogen and oxygen atoms in total. The highest BCUT2D eigenvalue weighted by atomic mass is 16.5. The van der Waals surface area contributed by atoms with Gasteiger partial charge >= 0.3 is 0 Å². The Balaban J connectivity index is 2.21. The van der Waals surface area contributed by atoms with Gasteiger partial charge in [0.25, 0.3) is 0 Å². The van der Waals surface area contributed by atoms with E-state index in [0.717, 1.165) is 17.1 Å². The fourth-order valence-electron chi connectivity index (χ4n) is 1.20. The minimum Gasteiger partial charge on any atom is -0.487 e. The van der Waals surface area contributed by atoms with Crippen LogP contribution in [0.4, 0.5) is 5.69 Å². The van der Waals surface area contributed by atoms with Gasteiger partial charge in [-0.1, -0.05) is 0 Å². The zero-order valence-electron chi connectivity index (χ0n) is 8.00. The van der Waals surface area contributed by atoms with Crippen molar-refractivity contribution in [3.05, 3.63) is 18.0 Å². The molecular weight excluding hydrogens is 164 g/mol. The lowest BCUT2D eigenvalue weighted by Crippen LogP contribution is -2.01. The third kappa shape index (κ3) is 1.91. The molecule has 0 radical (unpaired) electrons. The van der Waals surface area contributed by atoms with Gasteiger partial charge in [0, 0.05) is 12.7 Å². The molecule has 70 valence electrons. The predicted molar refractivity (Wildman–Crippen MR) is 52.2 cm³/mol. The summed E-state index contributed by atoms with van der Waals surface area (Å²) in [7, 11) is 1.90. The van der Waals surface area contributed by atoms with Gasteiger partial charge in [0.15, 0.2) is 5.75 Å². The maximum Gasteiger partial charge on any atom is 0.161 e. The number of aryl methyl sites for hydroxylation is 1. The van der Waals surface area contributed by atoms with Gasteiger partial charge < -0.3 is 10.1 Å². The van der Waals surface area contributed by atoms with Crippen LogP contribution in [-0.4, -0.2) is 18.1 Å². The van der Waals surface area contributed by atoms with Gasteiger partial charge in [-0.05, 0) is 25.8 Å². The van der Waals surface area contributed by atoms with Crippen LogP contribution in [0.1, 0.15) is 18.5 Å². The van der Waals surface area contributed by atoms with Crippen molar-refractivity contribution in [3.63, 3.8) is 0 Å². The molecule has 1 heterocycles. The van der Waals surface area contributed by atoms with E-state index in [-0.39, 0.29) is 0 Å². The third-order valence-electron chi connectivity index (χ3n) is 2.09. The summed E-state index contributed by atoms with van der Waals surface area (Å²) in [6, 6.07) is 2.00. The second-order valence-corrected chi connectivity index (χ2v) is 3.39. The molecule has 3 heteroatoms. The molecule has 1 saturated carbocycles. The molecule has 0 aromatic carbocycles. The van der Waals surface area contributed by atoms with Crippen LogP contribution in [0.15, 0.2) is 12.3 Å². The SMILES string of the molecule is CNc1cc(C)ncc1OC1CC1. The Morgan fingerprint density at radius 3 is 2.92 bits per heavy atom. The van der Waals surface area contributed by atoms with Crippen molar-refractivity contribution in [2.24, 2.45) is 0 Å². The molecular formula is C10H14N2O. The van der Waals surface area contributed by atoms with E-state index in [1.54, 1.807) is 6.20 Å². The number of aromatic nitrogens is 1. The summed E-state index contributed by atoms with van der Waals surface area (Å²) >= 11 is 0. The number of nitrogens with one attached hydrogen (secondary N) is 1. The van der Waals surface area contributed by atoms with Crippen molar-refractivity contribution in [2.45, 2.75) is 25.9 Å². The molecule has 1 N–H and O–H groups in total. The number of nitrogens with zero attached hydrogens (tertiary/aromatic N) is 1. The van der Waals surface area contributed by atoms with Crippen molar-refractivity contribution in [1.82, 2.24) is 4.98 Å². The van der Waals surface area contributed by atoms with E-state index in [1.807, 2.05) is 20.0 Å². The number of hydrogen-bond donors (Lipinski definition) is 1. The number of ether oxygens (including phenoxy) is 1. The average Bonchev–Trinajstić information content (AvgIpc) is 2.92. The third-order valence-corrected chi connectivity index (χ3v) is 2.09. The minimum atomic E-state index is 0.427. The molecule has 1 aliphatic rings. The van der Waals surface area contributed by atoms with E-state index in [4.69, 9.17) is 4.74 Å².